The first-order valence-corrected chi connectivity index (χ1v) is 13.9. The van der Waals surface area contributed by atoms with Crippen LogP contribution < -0.4 is 15.4 Å². The number of nitrogens with one attached hydrogen (secondary N) is 2. The fourth-order valence-corrected chi connectivity index (χ4v) is 4.71. The monoisotopic (exact) mass is 657 g/mol. The van der Waals surface area contributed by atoms with Crippen molar-refractivity contribution in [2.45, 2.75) is 13.5 Å². The normalized spacial score (nSPS) is 11.1. The van der Waals surface area contributed by atoms with Crippen molar-refractivity contribution in [2.24, 2.45) is 0 Å². The maximum atomic E-state index is 12.5. The van der Waals surface area contributed by atoms with E-state index in [1.807, 2.05) is 23.6 Å². The zero-order chi connectivity index (χ0) is 29.7. The topological polar surface area (TPSA) is 105 Å². The molecule has 0 radical (unpaired) electrons. The molecular weight excluding hydrogens is 633 g/mol. The minimum atomic E-state index is -0.475. The minimum absolute atomic E-state index is 0.0381. The van der Waals surface area contributed by atoms with Crippen molar-refractivity contribution in [3.63, 3.8) is 0 Å². The average molecular weight is 659 g/mol. The van der Waals surface area contributed by atoms with E-state index in [9.17, 15) is 14.4 Å². The molecule has 12 heteroatoms. The number of pyridine rings is 1. The number of anilines is 1. The third-order valence-corrected chi connectivity index (χ3v) is 7.70. The Hall–Kier alpha value is -3.86. The Morgan fingerprint density at radius 2 is 1.83 bits per heavy atom. The van der Waals surface area contributed by atoms with Gasteiger partial charge in [0.1, 0.15) is 11.2 Å². The lowest BCUT2D eigenvalue weighted by Gasteiger charge is -2.14. The van der Waals surface area contributed by atoms with E-state index >= 15 is 0 Å². The molecule has 2 N–H and O–H groups in total. The van der Waals surface area contributed by atoms with Crippen molar-refractivity contribution >= 4 is 74.3 Å². The molecule has 41 heavy (non-hydrogen) atoms. The highest BCUT2D eigenvalue weighted by molar-refractivity contribution is 9.10. The molecule has 4 rings (SSSR count). The number of nitrogens with zero attached hydrogens (tertiary/aromatic N) is 3. The van der Waals surface area contributed by atoms with E-state index in [1.54, 1.807) is 62.6 Å². The summed E-state index contributed by atoms with van der Waals surface area (Å²) in [6.07, 6.45) is 4.76. The number of hydrogen-bond acceptors (Lipinski definition) is 5. The predicted molar refractivity (Wildman–Crippen MR) is 164 cm³/mol. The van der Waals surface area contributed by atoms with Gasteiger partial charge in [-0.2, -0.15) is 0 Å². The summed E-state index contributed by atoms with van der Waals surface area (Å²) in [7, 11) is 3.35. The molecule has 2 aromatic carbocycles. The summed E-state index contributed by atoms with van der Waals surface area (Å²) in [5.41, 5.74) is 3.54. The number of aryl methyl sites for hydroxylation is 1. The molecule has 0 unspecified atom stereocenters. The molecule has 0 atom stereocenters. The van der Waals surface area contributed by atoms with Gasteiger partial charge in [-0.15, -0.1) is 0 Å². The zero-order valence-corrected chi connectivity index (χ0v) is 25.5. The fraction of sp³-hybridized carbons (Fsp3) is 0.172. The Morgan fingerprint density at radius 1 is 1.10 bits per heavy atom. The number of amides is 3. The van der Waals surface area contributed by atoms with Crippen molar-refractivity contribution < 1.29 is 19.1 Å². The number of rotatable bonds is 9. The first kappa shape index (κ1) is 30.1. The molecule has 0 aliphatic carbocycles. The average Bonchev–Trinajstić information content (AvgIpc) is 3.25. The van der Waals surface area contributed by atoms with E-state index < -0.39 is 11.8 Å². The number of fused-ring (bicyclic) bond motifs is 1. The lowest BCUT2D eigenvalue weighted by atomic mass is 10.1. The highest BCUT2D eigenvalue weighted by Gasteiger charge is 2.16. The van der Waals surface area contributed by atoms with Gasteiger partial charge in [-0.05, 0) is 70.9 Å². The smallest absolute Gasteiger partial charge is 0.253 e. The second-order valence-corrected chi connectivity index (χ2v) is 10.7. The number of hydrogen-bond donors (Lipinski definition) is 2. The van der Waals surface area contributed by atoms with Gasteiger partial charge in [-0.3, -0.25) is 18.8 Å². The van der Waals surface area contributed by atoms with Gasteiger partial charge in [0, 0.05) is 42.5 Å². The standard InChI is InChI=1S/C29H26BrCl2N5O4/c1-17-27(30)37-14-4-5-23(28(37)34-17)41-16-20-21(31)11-12-22(26(20)32)35-25(39)15-33-24(38)13-8-18-6-9-19(10-7-18)29(40)36(2)3/h4-14H,15-16H2,1-3H3,(H,33,38)(H,35,39). The summed E-state index contributed by atoms with van der Waals surface area (Å²) in [5.74, 6) is -0.506. The van der Waals surface area contributed by atoms with Gasteiger partial charge in [-0.25, -0.2) is 4.98 Å². The first-order valence-electron chi connectivity index (χ1n) is 12.4. The third kappa shape index (κ3) is 7.27. The summed E-state index contributed by atoms with van der Waals surface area (Å²) < 4.78 is 8.68. The third-order valence-electron chi connectivity index (χ3n) is 5.96. The van der Waals surface area contributed by atoms with E-state index in [1.165, 1.54) is 11.0 Å². The highest BCUT2D eigenvalue weighted by Crippen LogP contribution is 2.33. The van der Waals surface area contributed by atoms with Gasteiger partial charge in [-0.1, -0.05) is 35.3 Å². The van der Waals surface area contributed by atoms with Crippen LogP contribution in [0.15, 0.2) is 65.4 Å². The van der Waals surface area contributed by atoms with Crippen LogP contribution in [0.25, 0.3) is 11.7 Å². The Labute approximate surface area is 255 Å². The lowest BCUT2D eigenvalue weighted by Crippen LogP contribution is -2.31. The van der Waals surface area contributed by atoms with E-state index in [4.69, 9.17) is 27.9 Å². The molecule has 0 bridgehead atoms. The van der Waals surface area contributed by atoms with Gasteiger partial charge in [0.25, 0.3) is 5.91 Å². The maximum Gasteiger partial charge on any atom is 0.253 e. The van der Waals surface area contributed by atoms with E-state index in [-0.39, 0.29) is 24.1 Å². The van der Waals surface area contributed by atoms with Crippen LogP contribution in [0.3, 0.4) is 0 Å². The number of ether oxygens (including phenoxy) is 1. The van der Waals surface area contributed by atoms with Gasteiger partial charge in [0.15, 0.2) is 11.4 Å². The molecule has 0 saturated carbocycles. The minimum Gasteiger partial charge on any atom is -0.485 e. The van der Waals surface area contributed by atoms with Crippen LogP contribution in [0.2, 0.25) is 10.0 Å². The van der Waals surface area contributed by atoms with E-state index in [2.05, 4.69) is 31.5 Å². The van der Waals surface area contributed by atoms with E-state index in [0.717, 1.165) is 15.9 Å². The Balaban J connectivity index is 1.34. The Kier molecular flexibility index (Phi) is 9.69. The highest BCUT2D eigenvalue weighted by atomic mass is 79.9. The number of carbonyl (C=O) groups excluding carboxylic acids is 3. The Morgan fingerprint density at radius 3 is 2.54 bits per heavy atom. The Bertz CT molecular complexity index is 1650. The molecule has 4 aromatic rings. The number of imidazole rings is 1. The molecule has 0 saturated heterocycles. The van der Waals surface area contributed by atoms with Gasteiger partial charge < -0.3 is 20.3 Å². The molecular formula is C29H26BrCl2N5O4. The van der Waals surface area contributed by atoms with Crippen molar-refractivity contribution in [2.75, 3.05) is 26.0 Å². The van der Waals surface area contributed by atoms with Gasteiger partial charge in [0.05, 0.1) is 22.9 Å². The second-order valence-electron chi connectivity index (χ2n) is 9.15. The molecule has 0 aliphatic heterocycles. The van der Waals surface area contributed by atoms with Crippen LogP contribution >= 0.6 is 39.1 Å². The van der Waals surface area contributed by atoms with Crippen LogP contribution in [0.4, 0.5) is 5.69 Å². The van der Waals surface area contributed by atoms with Crippen LogP contribution in [-0.2, 0) is 16.2 Å². The summed E-state index contributed by atoms with van der Waals surface area (Å²) in [5, 5.41) is 5.81. The van der Waals surface area contributed by atoms with E-state index in [0.29, 0.717) is 33.2 Å². The molecule has 0 fully saturated rings. The summed E-state index contributed by atoms with van der Waals surface area (Å²) in [6, 6.07) is 13.6. The number of halogens is 3. The van der Waals surface area contributed by atoms with Crippen LogP contribution in [0.5, 0.6) is 5.75 Å². The van der Waals surface area contributed by atoms with Crippen molar-refractivity contribution in [1.82, 2.24) is 19.6 Å². The van der Waals surface area contributed by atoms with Crippen LogP contribution in [0.1, 0.15) is 27.2 Å². The second kappa shape index (κ2) is 13.2. The maximum absolute atomic E-state index is 12.5. The van der Waals surface area contributed by atoms with Gasteiger partial charge in [0.2, 0.25) is 11.8 Å². The number of aromatic nitrogens is 2. The molecule has 0 spiro atoms. The molecule has 2 aromatic heterocycles. The number of benzene rings is 2. The molecule has 3 amide bonds. The van der Waals surface area contributed by atoms with Crippen molar-refractivity contribution in [3.05, 3.63) is 97.8 Å². The molecule has 2 heterocycles. The van der Waals surface area contributed by atoms with Crippen molar-refractivity contribution in [1.29, 1.82) is 0 Å². The predicted octanol–water partition coefficient (Wildman–Crippen LogP) is 5.76. The fourth-order valence-electron chi connectivity index (χ4n) is 3.80. The van der Waals surface area contributed by atoms with Crippen LogP contribution in [-0.4, -0.2) is 52.6 Å². The SMILES string of the molecule is Cc1nc2c(OCc3c(Cl)ccc(NC(=O)CNC(=O)C=Cc4ccc(C(=O)N(C)C)cc4)c3Cl)cccn2c1Br. The zero-order valence-electron chi connectivity index (χ0n) is 22.4. The molecule has 9 nitrogen and oxygen atoms in total. The molecule has 212 valence electrons. The van der Waals surface area contributed by atoms with Crippen molar-refractivity contribution in [3.8, 4) is 5.75 Å². The molecule has 0 aliphatic rings. The quantitative estimate of drug-likeness (QED) is 0.223. The first-order chi connectivity index (χ1) is 19.5. The summed E-state index contributed by atoms with van der Waals surface area (Å²) in [4.78, 5) is 42.8. The summed E-state index contributed by atoms with van der Waals surface area (Å²) in [6.45, 7) is 1.64. The van der Waals surface area contributed by atoms with Crippen LogP contribution in [0, 0.1) is 6.92 Å². The number of carbonyl (C=O) groups is 3. The largest absolute Gasteiger partial charge is 0.485 e. The lowest BCUT2D eigenvalue weighted by molar-refractivity contribution is -0.121. The van der Waals surface area contributed by atoms with Gasteiger partial charge >= 0.3 is 0 Å². The summed E-state index contributed by atoms with van der Waals surface area (Å²) >= 11 is 16.5.